The molecule has 72 valence electrons. The average Bonchev–Trinajstić information content (AvgIpc) is 2.04. The van der Waals surface area contributed by atoms with Crippen molar-refractivity contribution in [1.82, 2.24) is 0 Å². The Morgan fingerprint density at radius 1 is 1.23 bits per heavy atom. The molecule has 0 saturated heterocycles. The Morgan fingerprint density at radius 3 is 2.23 bits per heavy atom. The van der Waals surface area contributed by atoms with E-state index in [2.05, 4.69) is 13.8 Å². The summed E-state index contributed by atoms with van der Waals surface area (Å²) in [6, 6.07) is 7.90. The molecule has 1 atom stereocenters. The van der Waals surface area contributed by atoms with Crippen LogP contribution in [0, 0.1) is 5.92 Å². The SMILES string of the molecule is CC(C)C[C@H](N)c1ccc(Cl)cc1. The fourth-order valence-electron chi connectivity index (χ4n) is 1.35. The summed E-state index contributed by atoms with van der Waals surface area (Å²) >= 11 is 5.78. The highest BCUT2D eigenvalue weighted by Crippen LogP contribution is 2.20. The molecular formula is C11H16ClN. The average molecular weight is 198 g/mol. The van der Waals surface area contributed by atoms with Gasteiger partial charge in [-0.25, -0.2) is 0 Å². The zero-order valence-electron chi connectivity index (χ0n) is 8.13. The van der Waals surface area contributed by atoms with Crippen LogP contribution in [0.4, 0.5) is 0 Å². The van der Waals surface area contributed by atoms with Gasteiger partial charge < -0.3 is 5.73 Å². The van der Waals surface area contributed by atoms with Crippen molar-refractivity contribution in [3.63, 3.8) is 0 Å². The van der Waals surface area contributed by atoms with E-state index in [1.54, 1.807) is 0 Å². The molecule has 0 fully saturated rings. The normalized spacial score (nSPS) is 13.3. The lowest BCUT2D eigenvalue weighted by molar-refractivity contribution is 0.510. The predicted molar refractivity (Wildman–Crippen MR) is 57.8 cm³/mol. The van der Waals surface area contributed by atoms with Crippen LogP contribution >= 0.6 is 11.6 Å². The summed E-state index contributed by atoms with van der Waals surface area (Å²) in [6.45, 7) is 4.35. The summed E-state index contributed by atoms with van der Waals surface area (Å²) in [5, 5.41) is 0.764. The molecule has 1 rings (SSSR count). The van der Waals surface area contributed by atoms with Gasteiger partial charge in [0.05, 0.1) is 0 Å². The van der Waals surface area contributed by atoms with E-state index < -0.39 is 0 Å². The van der Waals surface area contributed by atoms with Crippen molar-refractivity contribution >= 4 is 11.6 Å². The van der Waals surface area contributed by atoms with Crippen molar-refractivity contribution in [3.8, 4) is 0 Å². The number of hydrogen-bond donors (Lipinski definition) is 1. The molecule has 2 heteroatoms. The van der Waals surface area contributed by atoms with E-state index in [4.69, 9.17) is 17.3 Å². The van der Waals surface area contributed by atoms with Crippen LogP contribution in [-0.2, 0) is 0 Å². The van der Waals surface area contributed by atoms with Crippen molar-refractivity contribution in [3.05, 3.63) is 34.9 Å². The lowest BCUT2D eigenvalue weighted by Gasteiger charge is -2.14. The number of hydrogen-bond acceptors (Lipinski definition) is 1. The third-order valence-electron chi connectivity index (χ3n) is 2.02. The topological polar surface area (TPSA) is 26.0 Å². The fraction of sp³-hybridized carbons (Fsp3) is 0.455. The van der Waals surface area contributed by atoms with Gasteiger partial charge in [-0.2, -0.15) is 0 Å². The minimum atomic E-state index is 0.136. The first-order valence-corrected chi connectivity index (χ1v) is 4.98. The van der Waals surface area contributed by atoms with Crippen molar-refractivity contribution in [2.24, 2.45) is 11.7 Å². The fourth-order valence-corrected chi connectivity index (χ4v) is 1.48. The molecule has 0 aliphatic rings. The summed E-state index contributed by atoms with van der Waals surface area (Å²) in [5.74, 6) is 0.630. The van der Waals surface area contributed by atoms with Crippen molar-refractivity contribution < 1.29 is 0 Å². The summed E-state index contributed by atoms with van der Waals surface area (Å²) in [7, 11) is 0. The minimum absolute atomic E-state index is 0.136. The standard InChI is InChI=1S/C11H16ClN/c1-8(2)7-11(13)9-3-5-10(12)6-4-9/h3-6,8,11H,7,13H2,1-2H3/t11-/m0/s1. The van der Waals surface area contributed by atoms with Crippen molar-refractivity contribution in [2.75, 3.05) is 0 Å². The molecule has 1 aromatic rings. The number of nitrogens with two attached hydrogens (primary N) is 1. The maximum atomic E-state index is 6.00. The zero-order valence-corrected chi connectivity index (χ0v) is 8.88. The van der Waals surface area contributed by atoms with Crippen LogP contribution in [0.5, 0.6) is 0 Å². The van der Waals surface area contributed by atoms with E-state index in [0.717, 1.165) is 17.0 Å². The highest BCUT2D eigenvalue weighted by Gasteiger charge is 2.07. The van der Waals surface area contributed by atoms with Gasteiger partial charge in [0.15, 0.2) is 0 Å². The quantitative estimate of drug-likeness (QED) is 0.790. The maximum Gasteiger partial charge on any atom is 0.0406 e. The molecule has 13 heavy (non-hydrogen) atoms. The Bertz CT molecular complexity index is 253. The molecular weight excluding hydrogens is 182 g/mol. The van der Waals surface area contributed by atoms with Gasteiger partial charge in [-0.15, -0.1) is 0 Å². The van der Waals surface area contributed by atoms with Crippen molar-refractivity contribution in [2.45, 2.75) is 26.3 Å². The first-order chi connectivity index (χ1) is 6.09. The second kappa shape index (κ2) is 4.64. The van der Waals surface area contributed by atoms with E-state index in [1.807, 2.05) is 24.3 Å². The van der Waals surface area contributed by atoms with Gasteiger partial charge in [-0.1, -0.05) is 37.6 Å². The Hall–Kier alpha value is -0.530. The molecule has 0 amide bonds. The zero-order chi connectivity index (χ0) is 9.84. The van der Waals surface area contributed by atoms with Crippen LogP contribution in [0.15, 0.2) is 24.3 Å². The van der Waals surface area contributed by atoms with Crippen molar-refractivity contribution in [1.29, 1.82) is 0 Å². The highest BCUT2D eigenvalue weighted by atomic mass is 35.5. The molecule has 1 aromatic carbocycles. The van der Waals surface area contributed by atoms with Gasteiger partial charge in [-0.3, -0.25) is 0 Å². The van der Waals surface area contributed by atoms with Crippen LogP contribution in [0.25, 0.3) is 0 Å². The molecule has 0 unspecified atom stereocenters. The first kappa shape index (κ1) is 10.6. The van der Waals surface area contributed by atoms with Crippen LogP contribution in [0.1, 0.15) is 31.9 Å². The Kier molecular flexibility index (Phi) is 3.76. The van der Waals surface area contributed by atoms with E-state index >= 15 is 0 Å². The summed E-state index contributed by atoms with van der Waals surface area (Å²) < 4.78 is 0. The second-order valence-corrected chi connectivity index (χ2v) is 4.22. The lowest BCUT2D eigenvalue weighted by Crippen LogP contribution is -2.12. The second-order valence-electron chi connectivity index (χ2n) is 3.79. The molecule has 2 N–H and O–H groups in total. The molecule has 0 bridgehead atoms. The molecule has 0 aliphatic heterocycles. The summed E-state index contributed by atoms with van der Waals surface area (Å²) in [6.07, 6.45) is 1.02. The van der Waals surface area contributed by atoms with Gasteiger partial charge in [0.1, 0.15) is 0 Å². The minimum Gasteiger partial charge on any atom is -0.324 e. The first-order valence-electron chi connectivity index (χ1n) is 4.60. The van der Waals surface area contributed by atoms with E-state index in [0.29, 0.717) is 5.92 Å². The smallest absolute Gasteiger partial charge is 0.0406 e. The molecule has 1 nitrogen and oxygen atoms in total. The Labute approximate surface area is 84.9 Å². The van der Waals surface area contributed by atoms with Gasteiger partial charge in [0.2, 0.25) is 0 Å². The van der Waals surface area contributed by atoms with Gasteiger partial charge in [0, 0.05) is 11.1 Å². The Morgan fingerprint density at radius 2 is 1.77 bits per heavy atom. The molecule has 0 spiro atoms. The van der Waals surface area contributed by atoms with E-state index in [1.165, 1.54) is 0 Å². The van der Waals surface area contributed by atoms with E-state index in [-0.39, 0.29) is 6.04 Å². The maximum absolute atomic E-state index is 6.00. The number of rotatable bonds is 3. The largest absolute Gasteiger partial charge is 0.324 e. The predicted octanol–water partition coefficient (Wildman–Crippen LogP) is 3.39. The molecule has 0 aromatic heterocycles. The molecule has 0 aliphatic carbocycles. The van der Waals surface area contributed by atoms with Gasteiger partial charge >= 0.3 is 0 Å². The molecule has 0 heterocycles. The van der Waals surface area contributed by atoms with Gasteiger partial charge in [0.25, 0.3) is 0 Å². The highest BCUT2D eigenvalue weighted by molar-refractivity contribution is 6.30. The van der Waals surface area contributed by atoms with Crippen LogP contribution in [0.3, 0.4) is 0 Å². The monoisotopic (exact) mass is 197 g/mol. The number of halogens is 1. The molecule has 0 radical (unpaired) electrons. The summed E-state index contributed by atoms with van der Waals surface area (Å²) in [5.41, 5.74) is 7.17. The summed E-state index contributed by atoms with van der Waals surface area (Å²) in [4.78, 5) is 0. The molecule has 0 saturated carbocycles. The Balaban J connectivity index is 2.66. The van der Waals surface area contributed by atoms with E-state index in [9.17, 15) is 0 Å². The van der Waals surface area contributed by atoms with Crippen LogP contribution in [-0.4, -0.2) is 0 Å². The lowest BCUT2D eigenvalue weighted by atomic mass is 9.98. The third kappa shape index (κ3) is 3.37. The van der Waals surface area contributed by atoms with Crippen LogP contribution in [0.2, 0.25) is 5.02 Å². The third-order valence-corrected chi connectivity index (χ3v) is 2.28. The van der Waals surface area contributed by atoms with Gasteiger partial charge in [-0.05, 0) is 30.0 Å². The van der Waals surface area contributed by atoms with Crippen LogP contribution < -0.4 is 5.73 Å². The number of benzene rings is 1.